The van der Waals surface area contributed by atoms with E-state index >= 15 is 0 Å². The molecule has 2 heterocycles. The Bertz CT molecular complexity index is 1040. The number of terminal acetylenes is 1. The minimum Gasteiger partial charge on any atom is -0.466 e. The van der Waals surface area contributed by atoms with Gasteiger partial charge in [-0.3, -0.25) is 4.79 Å². The molecule has 1 spiro atoms. The highest BCUT2D eigenvalue weighted by molar-refractivity contribution is 6.14. The molecule has 4 rings (SSSR count). The summed E-state index contributed by atoms with van der Waals surface area (Å²) >= 11 is 0. The summed E-state index contributed by atoms with van der Waals surface area (Å²) in [5, 5.41) is 0. The number of nitrogens with two attached hydrogens (primary N) is 1. The molecule has 130 valence electrons. The molecule has 2 N–H and O–H groups in total. The van der Waals surface area contributed by atoms with E-state index in [4.69, 9.17) is 21.3 Å². The number of esters is 1. The van der Waals surface area contributed by atoms with E-state index in [-0.39, 0.29) is 24.0 Å². The first-order valence-electron chi connectivity index (χ1n) is 7.90. The molecule has 2 aliphatic rings. The average molecular weight is 349 g/mol. The van der Waals surface area contributed by atoms with Crippen molar-refractivity contribution in [2.24, 2.45) is 0 Å². The lowest BCUT2D eigenvalue weighted by atomic mass is 9.74. The highest BCUT2D eigenvalue weighted by atomic mass is 16.5. The van der Waals surface area contributed by atoms with E-state index in [0.717, 1.165) is 0 Å². The predicted octanol–water partition coefficient (Wildman–Crippen LogP) is 1.45. The summed E-state index contributed by atoms with van der Waals surface area (Å²) in [5.74, 6) is 1.84. The number of carbonyl (C=O) groups excluding carboxylic acids is 2. The smallest absolute Gasteiger partial charge is 0.337 e. The molecule has 1 unspecified atom stereocenters. The van der Waals surface area contributed by atoms with Gasteiger partial charge in [0.1, 0.15) is 5.69 Å². The molecule has 0 radical (unpaired) electrons. The third-order valence-corrected chi connectivity index (χ3v) is 4.92. The van der Waals surface area contributed by atoms with Crippen LogP contribution < -0.4 is 5.73 Å². The van der Waals surface area contributed by atoms with Gasteiger partial charge in [-0.2, -0.15) is 4.98 Å². The van der Waals surface area contributed by atoms with Crippen LogP contribution in [0.5, 0.6) is 0 Å². The third kappa shape index (κ3) is 1.66. The van der Waals surface area contributed by atoms with Gasteiger partial charge in [-0.1, -0.05) is 30.2 Å². The molecule has 1 aromatic heterocycles. The fraction of sp³-hybridized carbons (Fsp3) is 0.211. The highest BCUT2D eigenvalue weighted by Gasteiger charge is 2.63. The van der Waals surface area contributed by atoms with Crippen LogP contribution in [0, 0.1) is 12.3 Å². The molecule has 0 fully saturated rings. The molecule has 2 aromatic rings. The number of nitrogen functional groups attached to an aromatic ring is 1. The Balaban J connectivity index is 2.13. The molecule has 0 saturated carbocycles. The summed E-state index contributed by atoms with van der Waals surface area (Å²) in [6.45, 7) is 1.69. The number of methoxy groups -OCH3 is 1. The molecular weight excluding hydrogens is 334 g/mol. The summed E-state index contributed by atoms with van der Waals surface area (Å²) in [6, 6.07) is 7.10. The maximum atomic E-state index is 13.6. The normalized spacial score (nSPS) is 20.3. The second-order valence-electron chi connectivity index (χ2n) is 6.07. The summed E-state index contributed by atoms with van der Waals surface area (Å²) in [6.07, 6.45) is 5.43. The van der Waals surface area contributed by atoms with Crippen LogP contribution in [0.25, 0.3) is 11.3 Å². The summed E-state index contributed by atoms with van der Waals surface area (Å²) < 4.78 is 10.5. The van der Waals surface area contributed by atoms with Crippen molar-refractivity contribution in [2.45, 2.75) is 12.3 Å². The number of anilines is 1. The summed E-state index contributed by atoms with van der Waals surface area (Å²) in [5.41, 5.74) is 6.46. The molecule has 26 heavy (non-hydrogen) atoms. The number of oxazole rings is 1. The number of benzene rings is 1. The van der Waals surface area contributed by atoms with E-state index in [0.29, 0.717) is 28.3 Å². The zero-order valence-electron chi connectivity index (χ0n) is 14.2. The number of ether oxygens (including phenoxy) is 1. The van der Waals surface area contributed by atoms with Crippen molar-refractivity contribution in [1.82, 2.24) is 9.88 Å². The van der Waals surface area contributed by atoms with Crippen LogP contribution in [-0.2, 0) is 19.7 Å². The minimum atomic E-state index is -1.47. The van der Waals surface area contributed by atoms with Crippen molar-refractivity contribution >= 4 is 17.9 Å². The van der Waals surface area contributed by atoms with E-state index in [1.54, 1.807) is 25.1 Å². The van der Waals surface area contributed by atoms with Crippen LogP contribution in [0.4, 0.5) is 6.01 Å². The van der Waals surface area contributed by atoms with Gasteiger partial charge in [0.2, 0.25) is 5.91 Å². The number of hydrogen-bond acceptors (Lipinski definition) is 6. The fourth-order valence-corrected chi connectivity index (χ4v) is 3.93. The maximum Gasteiger partial charge on any atom is 0.337 e. The van der Waals surface area contributed by atoms with Crippen LogP contribution in [0.2, 0.25) is 0 Å². The molecule has 1 atom stereocenters. The lowest BCUT2D eigenvalue weighted by Crippen LogP contribution is -2.42. The van der Waals surface area contributed by atoms with Crippen LogP contribution in [0.3, 0.4) is 0 Å². The number of allylic oxidation sites excluding steroid dienone is 1. The SMILES string of the molecule is C#CCN1C(=O)C2(C(C(=O)OC)=C1C)c1ccccc1-c1oc(N)nc12. The predicted molar refractivity (Wildman–Crippen MR) is 92.4 cm³/mol. The van der Waals surface area contributed by atoms with E-state index in [9.17, 15) is 9.59 Å². The molecule has 1 aromatic carbocycles. The minimum absolute atomic E-state index is 0.0255. The second kappa shape index (κ2) is 5.23. The fourth-order valence-electron chi connectivity index (χ4n) is 3.93. The monoisotopic (exact) mass is 349 g/mol. The first-order valence-corrected chi connectivity index (χ1v) is 7.90. The van der Waals surface area contributed by atoms with Gasteiger partial charge in [0.25, 0.3) is 6.01 Å². The number of carbonyl (C=O) groups is 2. The molecule has 1 amide bonds. The molecule has 7 nitrogen and oxygen atoms in total. The van der Waals surface area contributed by atoms with Crippen LogP contribution >= 0.6 is 0 Å². The van der Waals surface area contributed by atoms with Gasteiger partial charge < -0.3 is 19.8 Å². The van der Waals surface area contributed by atoms with Gasteiger partial charge in [-0.15, -0.1) is 6.42 Å². The molecule has 1 aliphatic heterocycles. The lowest BCUT2D eigenvalue weighted by molar-refractivity contribution is -0.138. The molecule has 0 saturated heterocycles. The van der Waals surface area contributed by atoms with Crippen molar-refractivity contribution < 1.29 is 18.7 Å². The highest BCUT2D eigenvalue weighted by Crippen LogP contribution is 2.57. The first-order chi connectivity index (χ1) is 12.5. The number of fused-ring (bicyclic) bond motifs is 5. The van der Waals surface area contributed by atoms with Crippen LogP contribution in [-0.4, -0.2) is 35.4 Å². The third-order valence-electron chi connectivity index (χ3n) is 4.92. The number of nitrogens with zero attached hydrogens (tertiary/aromatic N) is 2. The van der Waals surface area contributed by atoms with Gasteiger partial charge in [-0.25, -0.2) is 4.79 Å². The Morgan fingerprint density at radius 3 is 2.88 bits per heavy atom. The Morgan fingerprint density at radius 2 is 2.19 bits per heavy atom. The zero-order chi connectivity index (χ0) is 18.6. The maximum absolute atomic E-state index is 13.6. The Labute approximate surface area is 149 Å². The Hall–Kier alpha value is -3.53. The van der Waals surface area contributed by atoms with Crippen molar-refractivity contribution in [3.8, 4) is 23.7 Å². The topological polar surface area (TPSA) is 98.7 Å². The summed E-state index contributed by atoms with van der Waals surface area (Å²) in [4.78, 5) is 31.9. The Kier molecular flexibility index (Phi) is 3.21. The molecule has 1 aliphatic carbocycles. The number of amides is 1. The van der Waals surface area contributed by atoms with Crippen LogP contribution in [0.1, 0.15) is 18.2 Å². The van der Waals surface area contributed by atoms with Crippen molar-refractivity contribution in [3.05, 3.63) is 46.8 Å². The van der Waals surface area contributed by atoms with Gasteiger partial charge >= 0.3 is 5.97 Å². The van der Waals surface area contributed by atoms with E-state index in [1.807, 2.05) is 6.07 Å². The molecule has 0 bridgehead atoms. The molecule has 7 heteroatoms. The Morgan fingerprint density at radius 1 is 1.46 bits per heavy atom. The van der Waals surface area contributed by atoms with Crippen molar-refractivity contribution in [2.75, 3.05) is 19.4 Å². The lowest BCUT2D eigenvalue weighted by Gasteiger charge is -2.25. The van der Waals surface area contributed by atoms with Gasteiger partial charge in [-0.05, 0) is 12.5 Å². The van der Waals surface area contributed by atoms with Gasteiger partial charge in [0.05, 0.1) is 19.2 Å². The van der Waals surface area contributed by atoms with E-state index < -0.39 is 11.4 Å². The largest absolute Gasteiger partial charge is 0.466 e. The average Bonchev–Trinajstić information content (AvgIpc) is 3.21. The van der Waals surface area contributed by atoms with Crippen molar-refractivity contribution in [1.29, 1.82) is 0 Å². The van der Waals surface area contributed by atoms with Crippen LogP contribution in [0.15, 0.2) is 40.0 Å². The van der Waals surface area contributed by atoms with Gasteiger partial charge in [0, 0.05) is 11.3 Å². The number of hydrogen-bond donors (Lipinski definition) is 1. The zero-order valence-corrected chi connectivity index (χ0v) is 14.2. The number of aromatic nitrogens is 1. The first kappa shape index (κ1) is 16.0. The summed E-state index contributed by atoms with van der Waals surface area (Å²) in [7, 11) is 1.27. The molecular formula is C19H15N3O4. The standard InChI is InChI=1S/C19H15N3O4/c1-4-9-22-10(2)13(16(23)25-3)19(17(22)24)12-8-6-5-7-11(12)14-15(19)21-18(20)26-14/h1,5-8H,9H2,2-3H3,(H2,20,21). The van der Waals surface area contributed by atoms with Gasteiger partial charge in [0.15, 0.2) is 11.2 Å². The second-order valence-corrected chi connectivity index (χ2v) is 6.07. The number of rotatable bonds is 2. The van der Waals surface area contributed by atoms with Crippen molar-refractivity contribution in [3.63, 3.8) is 0 Å². The quantitative estimate of drug-likeness (QED) is 0.651. The van der Waals surface area contributed by atoms with E-state index in [2.05, 4.69) is 10.9 Å². The van der Waals surface area contributed by atoms with E-state index in [1.165, 1.54) is 12.0 Å².